The van der Waals surface area contributed by atoms with Crippen LogP contribution in [0.1, 0.15) is 194 Å². The highest BCUT2D eigenvalue weighted by molar-refractivity contribution is 5.69. The van der Waals surface area contributed by atoms with Gasteiger partial charge in [0.15, 0.2) is 12.6 Å². The van der Waals surface area contributed by atoms with Crippen molar-refractivity contribution in [1.29, 1.82) is 0 Å². The number of carbonyl (C=O) groups is 1. The molecule has 0 saturated carbocycles. The van der Waals surface area contributed by atoms with E-state index >= 15 is 0 Å². The Kier molecular flexibility index (Phi) is 38.8. The summed E-state index contributed by atoms with van der Waals surface area (Å²) < 4.78 is 34.3. The van der Waals surface area contributed by atoms with Gasteiger partial charge in [0.05, 0.1) is 26.4 Å². The van der Waals surface area contributed by atoms with Gasteiger partial charge in [0.2, 0.25) is 0 Å². The van der Waals surface area contributed by atoms with E-state index in [0.717, 1.165) is 70.6 Å². The van der Waals surface area contributed by atoms with Gasteiger partial charge in [-0.15, -0.1) is 0 Å². The lowest BCUT2D eigenvalue weighted by Gasteiger charge is -2.42. The molecule has 7 N–H and O–H groups in total. The second-order valence-electron chi connectivity index (χ2n) is 19.0. The van der Waals surface area contributed by atoms with Crippen LogP contribution in [0, 0.1) is 0 Å². The number of hydrogen-bond donors (Lipinski definition) is 7. The van der Waals surface area contributed by atoms with Gasteiger partial charge in [0.1, 0.15) is 54.9 Å². The Labute approximate surface area is 416 Å². The van der Waals surface area contributed by atoms with Gasteiger partial charge in [-0.1, -0.05) is 184 Å². The molecule has 2 aliphatic heterocycles. The van der Waals surface area contributed by atoms with Crippen molar-refractivity contribution >= 4 is 5.97 Å². The molecule has 0 amide bonds. The highest BCUT2D eigenvalue weighted by Crippen LogP contribution is 2.26. The first-order valence-corrected chi connectivity index (χ1v) is 27.2. The number of carbonyl (C=O) groups excluding carboxylic acids is 1. The molecule has 0 bridgehead atoms. The monoisotopic (exact) mass is 983 g/mol. The smallest absolute Gasteiger partial charge is 0.306 e. The number of ether oxygens (including phenoxy) is 6. The van der Waals surface area contributed by atoms with Crippen LogP contribution in [-0.4, -0.2) is 142 Å². The third-order valence-corrected chi connectivity index (χ3v) is 12.9. The molecule has 2 heterocycles. The van der Waals surface area contributed by atoms with Crippen LogP contribution >= 0.6 is 0 Å². The normalized spacial score (nSPS) is 26.0. The molecule has 0 spiro atoms. The van der Waals surface area contributed by atoms with Gasteiger partial charge in [-0.05, 0) is 51.4 Å². The molecule has 2 saturated heterocycles. The minimum atomic E-state index is -1.71. The number of aliphatic hydroxyl groups excluding tert-OH is 7. The molecular formula is C55H98O14. The zero-order chi connectivity index (χ0) is 50.2. The molecule has 2 fully saturated rings. The molecule has 69 heavy (non-hydrogen) atoms. The first kappa shape index (κ1) is 63.1. The summed E-state index contributed by atoms with van der Waals surface area (Å²) in [4.78, 5) is 13.0. The molecule has 0 aromatic carbocycles. The Bertz CT molecular complexity index is 1320. The van der Waals surface area contributed by atoms with E-state index in [2.05, 4.69) is 62.5 Å². The van der Waals surface area contributed by atoms with Crippen molar-refractivity contribution in [3.8, 4) is 0 Å². The summed E-state index contributed by atoms with van der Waals surface area (Å²) in [5, 5.41) is 72.1. The van der Waals surface area contributed by atoms with E-state index in [1.54, 1.807) is 0 Å². The molecule has 14 heteroatoms. The second-order valence-corrected chi connectivity index (χ2v) is 19.0. The number of aliphatic hydroxyl groups is 7. The molecule has 14 nitrogen and oxygen atoms in total. The van der Waals surface area contributed by atoms with E-state index in [-0.39, 0.29) is 25.6 Å². The topological polar surface area (TPSA) is 214 Å². The first-order valence-electron chi connectivity index (χ1n) is 27.2. The predicted molar refractivity (Wildman–Crippen MR) is 270 cm³/mol. The summed E-state index contributed by atoms with van der Waals surface area (Å²) in [5.41, 5.74) is 0. The third kappa shape index (κ3) is 29.9. The van der Waals surface area contributed by atoms with Crippen LogP contribution in [0.5, 0.6) is 0 Å². The van der Waals surface area contributed by atoms with E-state index in [1.165, 1.54) is 96.3 Å². The first-order chi connectivity index (χ1) is 33.6. The Hall–Kier alpha value is -2.05. The zero-order valence-electron chi connectivity index (χ0n) is 42.8. The fourth-order valence-corrected chi connectivity index (χ4v) is 8.45. The number of unbranched alkanes of at least 4 members (excludes halogenated alkanes) is 21. The summed E-state index contributed by atoms with van der Waals surface area (Å²) >= 11 is 0. The lowest BCUT2D eigenvalue weighted by molar-refractivity contribution is -0.332. The molecular weight excluding hydrogens is 885 g/mol. The van der Waals surface area contributed by atoms with Crippen LogP contribution < -0.4 is 0 Å². The fraction of sp³-hybridized carbons (Fsp3) is 0.836. The highest BCUT2D eigenvalue weighted by Gasteiger charge is 2.47. The molecule has 0 aromatic heterocycles. The SMILES string of the molecule is CC/C=C\C/C=C\C/C=C\C/C=C\CCCCCCCCCCCCCCC(=O)OC(COCCCCCCCCCCCC)COC1OC(COC2OC(CO)C(O)C(O)C2O)C(O)C(O)C1O. The van der Waals surface area contributed by atoms with Crippen molar-refractivity contribution in [2.45, 2.75) is 261 Å². The van der Waals surface area contributed by atoms with Gasteiger partial charge in [-0.25, -0.2) is 0 Å². The number of esters is 1. The lowest BCUT2D eigenvalue weighted by atomic mass is 9.98. The number of rotatable bonds is 43. The maximum atomic E-state index is 13.0. The van der Waals surface area contributed by atoms with Crippen LogP contribution in [0.25, 0.3) is 0 Å². The van der Waals surface area contributed by atoms with Gasteiger partial charge < -0.3 is 64.2 Å². The number of hydrogen-bond acceptors (Lipinski definition) is 14. The largest absolute Gasteiger partial charge is 0.457 e. The van der Waals surface area contributed by atoms with E-state index < -0.39 is 80.7 Å². The highest BCUT2D eigenvalue weighted by atomic mass is 16.7. The maximum Gasteiger partial charge on any atom is 0.306 e. The Balaban J connectivity index is 1.68. The average molecular weight is 983 g/mol. The minimum absolute atomic E-state index is 0.0623. The van der Waals surface area contributed by atoms with Gasteiger partial charge in [-0.3, -0.25) is 4.79 Å². The molecule has 11 unspecified atom stereocenters. The van der Waals surface area contributed by atoms with E-state index in [1.807, 2.05) is 0 Å². The van der Waals surface area contributed by atoms with Gasteiger partial charge in [-0.2, -0.15) is 0 Å². The van der Waals surface area contributed by atoms with Crippen LogP contribution in [-0.2, 0) is 33.2 Å². The summed E-state index contributed by atoms with van der Waals surface area (Å²) in [6.45, 7) is 3.57. The molecule has 0 aliphatic carbocycles. The molecule has 2 aliphatic rings. The zero-order valence-corrected chi connectivity index (χ0v) is 42.8. The molecule has 2 rings (SSSR count). The summed E-state index contributed by atoms with van der Waals surface area (Å²) in [7, 11) is 0. The van der Waals surface area contributed by atoms with Crippen molar-refractivity contribution in [2.24, 2.45) is 0 Å². The van der Waals surface area contributed by atoms with Crippen molar-refractivity contribution in [1.82, 2.24) is 0 Å². The number of allylic oxidation sites excluding steroid dienone is 8. The van der Waals surface area contributed by atoms with Crippen molar-refractivity contribution in [3.05, 3.63) is 48.6 Å². The van der Waals surface area contributed by atoms with Crippen molar-refractivity contribution < 1.29 is 69.0 Å². The Morgan fingerprint density at radius 2 is 0.942 bits per heavy atom. The molecule has 0 radical (unpaired) electrons. The van der Waals surface area contributed by atoms with Crippen LogP contribution in [0.2, 0.25) is 0 Å². The average Bonchev–Trinajstić information content (AvgIpc) is 3.35. The van der Waals surface area contributed by atoms with E-state index in [4.69, 9.17) is 28.4 Å². The van der Waals surface area contributed by atoms with Crippen LogP contribution in [0.4, 0.5) is 0 Å². The quantitative estimate of drug-likeness (QED) is 0.0173. The fourth-order valence-electron chi connectivity index (χ4n) is 8.45. The van der Waals surface area contributed by atoms with Crippen LogP contribution in [0.3, 0.4) is 0 Å². The Morgan fingerprint density at radius 3 is 1.48 bits per heavy atom. The van der Waals surface area contributed by atoms with E-state index in [9.17, 15) is 40.5 Å². The molecule has 0 aromatic rings. The van der Waals surface area contributed by atoms with Gasteiger partial charge in [0, 0.05) is 13.0 Å². The van der Waals surface area contributed by atoms with Crippen molar-refractivity contribution in [3.63, 3.8) is 0 Å². The standard InChI is InChI=1S/C55H98O14/c1-3-5-7-9-11-13-15-16-17-18-19-20-21-22-23-24-25-26-27-28-29-30-32-34-36-38-47(57)67-44(41-64-39-37-35-33-31-14-12-10-8-6-4-2)42-65-54-53(63)51(61)49(59)46(69-54)43-66-55-52(62)50(60)48(58)45(40-56)68-55/h5,7,11,13,16-17,19-20,44-46,48-56,58-63H,3-4,6,8-10,12,14-15,18,21-43H2,1-2H3/b7-5-,13-11-,17-16-,20-19-. The van der Waals surface area contributed by atoms with E-state index in [0.29, 0.717) is 13.0 Å². The van der Waals surface area contributed by atoms with Gasteiger partial charge in [0.25, 0.3) is 0 Å². The minimum Gasteiger partial charge on any atom is -0.457 e. The third-order valence-electron chi connectivity index (χ3n) is 12.9. The summed E-state index contributed by atoms with van der Waals surface area (Å²) in [6.07, 6.45) is 33.2. The van der Waals surface area contributed by atoms with Gasteiger partial charge >= 0.3 is 5.97 Å². The summed E-state index contributed by atoms with van der Waals surface area (Å²) in [5.74, 6) is -0.379. The Morgan fingerprint density at radius 1 is 0.493 bits per heavy atom. The summed E-state index contributed by atoms with van der Waals surface area (Å²) in [6, 6.07) is 0. The van der Waals surface area contributed by atoms with Crippen LogP contribution in [0.15, 0.2) is 48.6 Å². The lowest BCUT2D eigenvalue weighted by Crippen LogP contribution is -2.61. The molecule has 402 valence electrons. The predicted octanol–water partition coefficient (Wildman–Crippen LogP) is 8.74. The van der Waals surface area contributed by atoms with Crippen molar-refractivity contribution in [2.75, 3.05) is 33.0 Å². The molecule has 11 atom stereocenters. The second kappa shape index (κ2) is 42.5. The maximum absolute atomic E-state index is 13.0.